The van der Waals surface area contributed by atoms with E-state index < -0.39 is 12.1 Å². The third-order valence-corrected chi connectivity index (χ3v) is 1.60. The molecule has 1 amide bonds. The SMILES string of the molecule is O=C(NCCCc1ncn[nH]1)C(F)(F)F. The van der Waals surface area contributed by atoms with Gasteiger partial charge in [-0.25, -0.2) is 4.98 Å². The number of carbonyl (C=O) groups is 1. The average Bonchev–Trinajstić information content (AvgIpc) is 2.63. The highest BCUT2D eigenvalue weighted by atomic mass is 19.4. The molecular weight excluding hydrogens is 213 g/mol. The molecule has 0 saturated carbocycles. The lowest BCUT2D eigenvalue weighted by molar-refractivity contribution is -0.173. The van der Waals surface area contributed by atoms with Crippen molar-refractivity contribution in [2.45, 2.75) is 19.0 Å². The molecule has 0 fully saturated rings. The zero-order chi connectivity index (χ0) is 11.3. The van der Waals surface area contributed by atoms with Crippen molar-refractivity contribution in [2.24, 2.45) is 0 Å². The molecule has 1 aromatic rings. The Morgan fingerprint density at radius 1 is 1.53 bits per heavy atom. The molecule has 0 radical (unpaired) electrons. The van der Waals surface area contributed by atoms with Crippen molar-refractivity contribution in [1.82, 2.24) is 20.5 Å². The number of aromatic amines is 1. The maximum Gasteiger partial charge on any atom is 0.471 e. The highest BCUT2D eigenvalue weighted by molar-refractivity contribution is 5.81. The van der Waals surface area contributed by atoms with Gasteiger partial charge in [0.25, 0.3) is 0 Å². The summed E-state index contributed by atoms with van der Waals surface area (Å²) in [6.07, 6.45) is -2.69. The summed E-state index contributed by atoms with van der Waals surface area (Å²) in [4.78, 5) is 14.1. The molecule has 2 N–H and O–H groups in total. The first-order valence-corrected chi connectivity index (χ1v) is 4.19. The molecule has 1 rings (SSSR count). The van der Waals surface area contributed by atoms with E-state index >= 15 is 0 Å². The number of halogens is 3. The molecule has 84 valence electrons. The van der Waals surface area contributed by atoms with Crippen LogP contribution >= 0.6 is 0 Å². The molecule has 0 bridgehead atoms. The van der Waals surface area contributed by atoms with Crippen LogP contribution in [0.2, 0.25) is 0 Å². The molecule has 0 spiro atoms. The molecule has 15 heavy (non-hydrogen) atoms. The summed E-state index contributed by atoms with van der Waals surface area (Å²) in [5, 5.41) is 7.89. The summed E-state index contributed by atoms with van der Waals surface area (Å²) in [6.45, 7) is -0.0426. The second-order valence-corrected chi connectivity index (χ2v) is 2.79. The van der Waals surface area contributed by atoms with Crippen LogP contribution in [0.15, 0.2) is 6.33 Å². The molecule has 8 heteroatoms. The standard InChI is InChI=1S/C7H9F3N4O/c8-7(9,10)6(15)11-3-1-2-5-12-4-13-14-5/h4H,1-3H2,(H,11,15)(H,12,13,14). The van der Waals surface area contributed by atoms with E-state index in [9.17, 15) is 18.0 Å². The highest BCUT2D eigenvalue weighted by Gasteiger charge is 2.38. The van der Waals surface area contributed by atoms with E-state index in [-0.39, 0.29) is 6.54 Å². The lowest BCUT2D eigenvalue weighted by Crippen LogP contribution is -2.37. The van der Waals surface area contributed by atoms with E-state index in [0.717, 1.165) is 0 Å². The zero-order valence-electron chi connectivity index (χ0n) is 7.64. The summed E-state index contributed by atoms with van der Waals surface area (Å²) in [5.41, 5.74) is 0. The summed E-state index contributed by atoms with van der Waals surface area (Å²) >= 11 is 0. The Morgan fingerprint density at radius 3 is 2.80 bits per heavy atom. The van der Waals surface area contributed by atoms with Crippen molar-refractivity contribution in [3.63, 3.8) is 0 Å². The van der Waals surface area contributed by atoms with Crippen LogP contribution < -0.4 is 5.32 Å². The number of nitrogens with one attached hydrogen (secondary N) is 2. The Hall–Kier alpha value is -1.60. The average molecular weight is 222 g/mol. The van der Waals surface area contributed by atoms with E-state index in [1.165, 1.54) is 6.33 Å². The van der Waals surface area contributed by atoms with Crippen molar-refractivity contribution in [1.29, 1.82) is 0 Å². The topological polar surface area (TPSA) is 70.7 Å². The fraction of sp³-hybridized carbons (Fsp3) is 0.571. The van der Waals surface area contributed by atoms with Crippen LogP contribution in [0.4, 0.5) is 13.2 Å². The number of aryl methyl sites for hydroxylation is 1. The van der Waals surface area contributed by atoms with E-state index in [1.54, 1.807) is 5.32 Å². The highest BCUT2D eigenvalue weighted by Crippen LogP contribution is 2.13. The maximum absolute atomic E-state index is 11.7. The van der Waals surface area contributed by atoms with Gasteiger partial charge in [-0.2, -0.15) is 18.3 Å². The molecular formula is C7H9F3N4O. The van der Waals surface area contributed by atoms with Crippen LogP contribution in [-0.2, 0) is 11.2 Å². The van der Waals surface area contributed by atoms with Gasteiger partial charge in [-0.1, -0.05) is 0 Å². The Kier molecular flexibility index (Phi) is 3.64. The molecule has 1 heterocycles. The molecule has 0 aliphatic rings. The van der Waals surface area contributed by atoms with Crippen LogP contribution in [0.1, 0.15) is 12.2 Å². The van der Waals surface area contributed by atoms with Crippen molar-refractivity contribution >= 4 is 5.91 Å². The minimum atomic E-state index is -4.81. The Bertz CT molecular complexity index is 309. The quantitative estimate of drug-likeness (QED) is 0.725. The van der Waals surface area contributed by atoms with Crippen LogP contribution in [-0.4, -0.2) is 33.8 Å². The van der Waals surface area contributed by atoms with E-state index in [2.05, 4.69) is 15.2 Å². The first kappa shape index (κ1) is 11.5. The number of hydrogen-bond acceptors (Lipinski definition) is 3. The number of H-pyrrole nitrogens is 1. The summed E-state index contributed by atoms with van der Waals surface area (Å²) in [5.74, 6) is -1.34. The Balaban J connectivity index is 2.15. The van der Waals surface area contributed by atoms with E-state index in [1.807, 2.05) is 0 Å². The van der Waals surface area contributed by atoms with Crippen LogP contribution in [0.3, 0.4) is 0 Å². The zero-order valence-corrected chi connectivity index (χ0v) is 7.64. The fourth-order valence-corrected chi connectivity index (χ4v) is 0.909. The Morgan fingerprint density at radius 2 is 2.27 bits per heavy atom. The minimum absolute atomic E-state index is 0.0426. The molecule has 0 aliphatic heterocycles. The number of hydrogen-bond donors (Lipinski definition) is 2. The maximum atomic E-state index is 11.7. The molecule has 0 unspecified atom stereocenters. The van der Waals surface area contributed by atoms with Gasteiger partial charge in [0, 0.05) is 13.0 Å². The number of nitrogens with zero attached hydrogens (tertiary/aromatic N) is 2. The first-order chi connectivity index (χ1) is 7.00. The lowest BCUT2D eigenvalue weighted by atomic mass is 10.3. The van der Waals surface area contributed by atoms with Crippen LogP contribution in [0.25, 0.3) is 0 Å². The molecule has 0 atom stereocenters. The Labute approximate surface area is 83.1 Å². The molecule has 0 aliphatic carbocycles. The van der Waals surface area contributed by atoms with Gasteiger partial charge < -0.3 is 5.32 Å². The van der Waals surface area contributed by atoms with Gasteiger partial charge in [-0.3, -0.25) is 9.89 Å². The van der Waals surface area contributed by atoms with E-state index in [0.29, 0.717) is 18.7 Å². The largest absolute Gasteiger partial charge is 0.471 e. The molecule has 0 saturated heterocycles. The summed E-state index contributed by atoms with van der Waals surface area (Å²) in [6, 6.07) is 0. The monoisotopic (exact) mass is 222 g/mol. The molecule has 5 nitrogen and oxygen atoms in total. The van der Waals surface area contributed by atoms with Gasteiger partial charge in [0.1, 0.15) is 12.2 Å². The second kappa shape index (κ2) is 4.76. The number of alkyl halides is 3. The van der Waals surface area contributed by atoms with Gasteiger partial charge in [-0.15, -0.1) is 0 Å². The van der Waals surface area contributed by atoms with Gasteiger partial charge in [-0.05, 0) is 6.42 Å². The predicted octanol–water partition coefficient (Wildman–Crippen LogP) is 0.416. The van der Waals surface area contributed by atoms with Crippen LogP contribution in [0.5, 0.6) is 0 Å². The smallest absolute Gasteiger partial charge is 0.348 e. The number of amides is 1. The second-order valence-electron chi connectivity index (χ2n) is 2.79. The molecule has 1 aromatic heterocycles. The van der Waals surface area contributed by atoms with Gasteiger partial charge in [0.15, 0.2) is 0 Å². The van der Waals surface area contributed by atoms with Crippen molar-refractivity contribution in [3.8, 4) is 0 Å². The van der Waals surface area contributed by atoms with Crippen LogP contribution in [0, 0.1) is 0 Å². The van der Waals surface area contributed by atoms with Gasteiger partial charge in [0.05, 0.1) is 0 Å². The number of rotatable bonds is 4. The molecule has 0 aromatic carbocycles. The predicted molar refractivity (Wildman–Crippen MR) is 43.8 cm³/mol. The fourth-order valence-electron chi connectivity index (χ4n) is 0.909. The van der Waals surface area contributed by atoms with E-state index in [4.69, 9.17) is 0 Å². The van der Waals surface area contributed by atoms with Gasteiger partial charge in [0.2, 0.25) is 0 Å². The summed E-state index contributed by atoms with van der Waals surface area (Å²) < 4.78 is 35.1. The lowest BCUT2D eigenvalue weighted by Gasteiger charge is -2.06. The normalized spacial score (nSPS) is 11.4. The number of carbonyl (C=O) groups excluding carboxylic acids is 1. The minimum Gasteiger partial charge on any atom is -0.348 e. The van der Waals surface area contributed by atoms with Crippen molar-refractivity contribution in [2.75, 3.05) is 6.54 Å². The summed E-state index contributed by atoms with van der Waals surface area (Å²) in [7, 11) is 0. The first-order valence-electron chi connectivity index (χ1n) is 4.19. The van der Waals surface area contributed by atoms with Crippen molar-refractivity contribution < 1.29 is 18.0 Å². The van der Waals surface area contributed by atoms with Crippen molar-refractivity contribution in [3.05, 3.63) is 12.2 Å². The third kappa shape index (κ3) is 3.96. The third-order valence-electron chi connectivity index (χ3n) is 1.60. The number of aromatic nitrogens is 3. The van der Waals surface area contributed by atoms with Gasteiger partial charge >= 0.3 is 12.1 Å².